The minimum Gasteiger partial charge on any atom is -0.485 e. The van der Waals surface area contributed by atoms with Crippen LogP contribution >= 0.6 is 0 Å². The second kappa shape index (κ2) is 11.3. The first-order chi connectivity index (χ1) is 20.2. The van der Waals surface area contributed by atoms with Crippen molar-refractivity contribution in [3.05, 3.63) is 76.7 Å². The van der Waals surface area contributed by atoms with Gasteiger partial charge in [0.05, 0.1) is 18.7 Å². The highest BCUT2D eigenvalue weighted by Crippen LogP contribution is 2.53. The third-order valence-corrected chi connectivity index (χ3v) is 9.73. The number of nitrogens with zero attached hydrogens (tertiary/aromatic N) is 2. The van der Waals surface area contributed by atoms with Crippen LogP contribution < -0.4 is 9.47 Å². The van der Waals surface area contributed by atoms with E-state index in [1.807, 2.05) is 19.9 Å². The first-order valence-electron chi connectivity index (χ1n) is 15.3. The molecule has 1 aromatic heterocycles. The van der Waals surface area contributed by atoms with Crippen LogP contribution in [-0.2, 0) is 11.2 Å². The van der Waals surface area contributed by atoms with Crippen molar-refractivity contribution in [3.63, 3.8) is 0 Å². The number of aliphatic carboxylic acids is 1. The van der Waals surface area contributed by atoms with Gasteiger partial charge >= 0.3 is 5.97 Å². The lowest BCUT2D eigenvalue weighted by Gasteiger charge is -2.33. The fourth-order valence-electron chi connectivity index (χ4n) is 7.09. The number of halogens is 1. The molecule has 6 rings (SSSR count). The van der Waals surface area contributed by atoms with Crippen molar-refractivity contribution in [2.75, 3.05) is 20.2 Å². The first-order valence-corrected chi connectivity index (χ1v) is 15.3. The second-order valence-electron chi connectivity index (χ2n) is 12.8. The second-order valence-corrected chi connectivity index (χ2v) is 12.8. The van der Waals surface area contributed by atoms with Crippen LogP contribution in [0.4, 0.5) is 4.39 Å². The van der Waals surface area contributed by atoms with E-state index in [9.17, 15) is 9.90 Å². The minimum absolute atomic E-state index is 0.0521. The number of carboxylic acids is 1. The van der Waals surface area contributed by atoms with Crippen LogP contribution in [0, 0.1) is 17.2 Å². The molecular weight excluding hydrogens is 531 g/mol. The number of carboxylic acid groups (broad SMARTS) is 1. The summed E-state index contributed by atoms with van der Waals surface area (Å²) in [6.45, 7) is 7.94. The van der Waals surface area contributed by atoms with Gasteiger partial charge in [-0.15, -0.1) is 0 Å². The van der Waals surface area contributed by atoms with Crippen molar-refractivity contribution in [3.8, 4) is 22.8 Å². The quantitative estimate of drug-likeness (QED) is 0.283. The van der Waals surface area contributed by atoms with Gasteiger partial charge in [-0.2, -0.15) is 0 Å². The number of methoxy groups -OCH3 is 1. The summed E-state index contributed by atoms with van der Waals surface area (Å²) in [7, 11) is 1.54. The van der Waals surface area contributed by atoms with Crippen LogP contribution in [0.1, 0.15) is 93.2 Å². The molecule has 3 aliphatic rings. The Balaban J connectivity index is 1.35. The summed E-state index contributed by atoms with van der Waals surface area (Å²) in [6.07, 6.45) is 7.27. The molecule has 6 nitrogen and oxygen atoms in total. The minimum atomic E-state index is -0.856. The molecule has 0 radical (unpaired) electrons. The van der Waals surface area contributed by atoms with E-state index in [4.69, 9.17) is 9.47 Å². The molecule has 1 saturated heterocycles. The highest BCUT2D eigenvalue weighted by Gasteiger charge is 2.46. The van der Waals surface area contributed by atoms with Gasteiger partial charge in [-0.25, -0.2) is 9.37 Å². The number of benzene rings is 2. The number of carbonyl (C=O) groups is 1. The van der Waals surface area contributed by atoms with Crippen molar-refractivity contribution >= 4 is 5.97 Å². The van der Waals surface area contributed by atoms with Gasteiger partial charge in [0.25, 0.3) is 0 Å². The summed E-state index contributed by atoms with van der Waals surface area (Å²) in [5.41, 5.74) is 4.82. The molecule has 3 atom stereocenters. The van der Waals surface area contributed by atoms with E-state index in [-0.39, 0.29) is 23.9 Å². The number of ether oxygens (including phenoxy) is 2. The number of pyridine rings is 1. The molecule has 0 bridgehead atoms. The Hall–Kier alpha value is -3.45. The number of rotatable bonds is 9. The lowest BCUT2D eigenvalue weighted by atomic mass is 9.72. The molecule has 42 heavy (non-hydrogen) atoms. The van der Waals surface area contributed by atoms with E-state index in [0.717, 1.165) is 72.3 Å². The van der Waals surface area contributed by atoms with Crippen molar-refractivity contribution in [1.29, 1.82) is 0 Å². The molecule has 7 heteroatoms. The zero-order valence-electron chi connectivity index (χ0n) is 25.0. The molecule has 2 aromatic carbocycles. The van der Waals surface area contributed by atoms with Crippen molar-refractivity contribution in [2.45, 2.75) is 77.4 Å². The van der Waals surface area contributed by atoms with Gasteiger partial charge in [0.1, 0.15) is 17.7 Å². The van der Waals surface area contributed by atoms with Crippen LogP contribution in [0.3, 0.4) is 0 Å². The molecule has 2 fully saturated rings. The van der Waals surface area contributed by atoms with Gasteiger partial charge in [-0.3, -0.25) is 9.69 Å². The monoisotopic (exact) mass is 572 g/mol. The van der Waals surface area contributed by atoms with Gasteiger partial charge in [-0.1, -0.05) is 24.3 Å². The molecule has 222 valence electrons. The largest absolute Gasteiger partial charge is 0.485 e. The van der Waals surface area contributed by atoms with Gasteiger partial charge < -0.3 is 14.6 Å². The topological polar surface area (TPSA) is 71.9 Å². The maximum absolute atomic E-state index is 15.1. The standard InChI is InChI=1S/C35H41FN2O4/c1-21(38-15-5-6-16-38)27-17-24(11-13-26(27)28-19-32(41-4)37-20-29(28)36)30-14-12-22-7-10-25(18-31(22)42-30)33(23-8-9-23)35(2,3)34(39)40/h7,10-11,13,17-21,23,30,33H,5-6,8-9,12,14-16H2,1-4H3,(H,39,40)/t21?,30-,33+/m0/s1. The van der Waals surface area contributed by atoms with E-state index in [1.54, 1.807) is 13.2 Å². The fraction of sp³-hybridized carbons (Fsp3) is 0.486. The Bertz CT molecular complexity index is 1480. The van der Waals surface area contributed by atoms with E-state index in [1.165, 1.54) is 19.0 Å². The Morgan fingerprint density at radius 2 is 1.86 bits per heavy atom. The zero-order chi connectivity index (χ0) is 29.6. The summed E-state index contributed by atoms with van der Waals surface area (Å²) < 4.78 is 27.1. The molecule has 2 aliphatic heterocycles. The number of aryl methyl sites for hydroxylation is 1. The van der Waals surface area contributed by atoms with E-state index < -0.39 is 11.4 Å². The van der Waals surface area contributed by atoms with Crippen molar-refractivity contribution in [2.24, 2.45) is 11.3 Å². The Morgan fingerprint density at radius 3 is 2.55 bits per heavy atom. The Labute approximate surface area is 247 Å². The SMILES string of the molecule is COc1cc(-c2ccc([C@@H]3CCc4ccc([C@@H](C5CC5)C(C)(C)C(=O)O)cc4O3)cc2C(C)N2CCCC2)c(F)cn1. The number of hydrogen-bond acceptors (Lipinski definition) is 5. The van der Waals surface area contributed by atoms with E-state index in [0.29, 0.717) is 17.4 Å². The lowest BCUT2D eigenvalue weighted by molar-refractivity contribution is -0.148. The highest BCUT2D eigenvalue weighted by atomic mass is 19.1. The molecule has 3 heterocycles. The molecular formula is C35H41FN2O4. The van der Waals surface area contributed by atoms with Crippen LogP contribution in [0.25, 0.3) is 11.1 Å². The number of aromatic nitrogens is 1. The smallest absolute Gasteiger partial charge is 0.309 e. The third kappa shape index (κ3) is 5.39. The average molecular weight is 573 g/mol. The Morgan fingerprint density at radius 1 is 1.10 bits per heavy atom. The molecule has 1 N–H and O–H groups in total. The highest BCUT2D eigenvalue weighted by molar-refractivity contribution is 5.75. The van der Waals surface area contributed by atoms with Crippen LogP contribution in [-0.4, -0.2) is 41.2 Å². The summed E-state index contributed by atoms with van der Waals surface area (Å²) in [6, 6.07) is 14.4. The maximum Gasteiger partial charge on any atom is 0.309 e. The predicted octanol–water partition coefficient (Wildman–Crippen LogP) is 7.72. The van der Waals surface area contributed by atoms with Gasteiger partial charge in [-0.05, 0) is 118 Å². The molecule has 3 aromatic rings. The molecule has 0 amide bonds. The first kappa shape index (κ1) is 28.7. The van der Waals surface area contributed by atoms with E-state index in [2.05, 4.69) is 47.1 Å². The number of hydrogen-bond donors (Lipinski definition) is 1. The van der Waals surface area contributed by atoms with Gasteiger partial charge in [0.15, 0.2) is 0 Å². The summed E-state index contributed by atoms with van der Waals surface area (Å²) in [5, 5.41) is 10.0. The average Bonchev–Trinajstić information content (AvgIpc) is 3.66. The third-order valence-electron chi connectivity index (χ3n) is 9.73. The van der Waals surface area contributed by atoms with Crippen LogP contribution in [0.15, 0.2) is 48.7 Å². The van der Waals surface area contributed by atoms with E-state index >= 15 is 4.39 Å². The Kier molecular flexibility index (Phi) is 7.73. The molecule has 0 spiro atoms. The van der Waals surface area contributed by atoms with Gasteiger partial charge in [0, 0.05) is 23.6 Å². The van der Waals surface area contributed by atoms with Crippen LogP contribution in [0.5, 0.6) is 11.6 Å². The van der Waals surface area contributed by atoms with Crippen LogP contribution in [0.2, 0.25) is 0 Å². The fourth-order valence-corrected chi connectivity index (χ4v) is 7.09. The number of likely N-dealkylation sites (tertiary alicyclic amines) is 1. The van der Waals surface area contributed by atoms with Crippen molar-refractivity contribution in [1.82, 2.24) is 9.88 Å². The summed E-state index contributed by atoms with van der Waals surface area (Å²) in [4.78, 5) is 18.7. The predicted molar refractivity (Wildman–Crippen MR) is 160 cm³/mol. The molecule has 1 aliphatic carbocycles. The zero-order valence-corrected chi connectivity index (χ0v) is 25.0. The molecule has 1 saturated carbocycles. The number of fused-ring (bicyclic) bond motifs is 1. The van der Waals surface area contributed by atoms with Crippen molar-refractivity contribution < 1.29 is 23.8 Å². The summed E-state index contributed by atoms with van der Waals surface area (Å²) in [5.74, 6) is 0.432. The van der Waals surface area contributed by atoms with Gasteiger partial charge in [0.2, 0.25) is 5.88 Å². The normalized spacial score (nSPS) is 20.5. The maximum atomic E-state index is 15.1. The summed E-state index contributed by atoms with van der Waals surface area (Å²) >= 11 is 0. The lowest BCUT2D eigenvalue weighted by Crippen LogP contribution is -2.32. The molecule has 1 unspecified atom stereocenters.